The predicted octanol–water partition coefficient (Wildman–Crippen LogP) is 24.9. The van der Waals surface area contributed by atoms with Crippen LogP contribution in [0.4, 0.5) is 0 Å². The highest BCUT2D eigenvalue weighted by atomic mass is 16.5. The quantitative estimate of drug-likeness (QED) is 0.0320. The number of carbonyl (C=O) groups excluding carboxylic acids is 2. The molecule has 0 bridgehead atoms. The smallest absolute Gasteiger partial charge is 0.305 e. The van der Waals surface area contributed by atoms with Crippen LogP contribution < -0.4 is 5.32 Å². The van der Waals surface area contributed by atoms with Crippen LogP contribution in [0.3, 0.4) is 0 Å². The third-order valence-corrected chi connectivity index (χ3v) is 18.0. The Balaban J connectivity index is 3.34. The van der Waals surface area contributed by atoms with Crippen molar-refractivity contribution in [1.82, 2.24) is 5.32 Å². The van der Waals surface area contributed by atoms with Crippen molar-refractivity contribution in [2.24, 2.45) is 0 Å². The van der Waals surface area contributed by atoms with Gasteiger partial charge in [0.1, 0.15) is 0 Å². The van der Waals surface area contributed by atoms with Gasteiger partial charge in [0, 0.05) is 12.8 Å². The number of aliphatic hydroxyl groups excluding tert-OH is 2. The minimum absolute atomic E-state index is 0.0207. The topological polar surface area (TPSA) is 95.9 Å². The Labute approximate surface area is 520 Å². The third kappa shape index (κ3) is 69.3. The molecule has 0 rings (SSSR count). The van der Waals surface area contributed by atoms with Gasteiger partial charge in [0.15, 0.2) is 0 Å². The van der Waals surface area contributed by atoms with Gasteiger partial charge in [-0.05, 0) is 57.8 Å². The van der Waals surface area contributed by atoms with Crippen molar-refractivity contribution < 1.29 is 24.5 Å². The SMILES string of the molecule is CCCCCCCCCCCCCCCCCCC(O)C(CO)NC(=O)CCCCCCCCCCCCCCCCCCC/C=C\C/C=C\CCCCCCCCCCCCCCCCCOC(=O)CCCCCCCCCCCCC. The van der Waals surface area contributed by atoms with E-state index in [1.165, 1.54) is 353 Å². The van der Waals surface area contributed by atoms with Gasteiger partial charge in [0.2, 0.25) is 5.91 Å². The molecule has 2 atom stereocenters. The molecule has 0 saturated heterocycles. The first-order valence-electron chi connectivity index (χ1n) is 38.1. The maximum absolute atomic E-state index is 12.5. The monoisotopic (exact) mass is 1170 g/mol. The molecule has 6 nitrogen and oxygen atoms in total. The van der Waals surface area contributed by atoms with Crippen LogP contribution in [0.25, 0.3) is 0 Å². The fraction of sp³-hybridized carbons (Fsp3) is 0.922. The number of carbonyl (C=O) groups is 2. The Kier molecular flexibility index (Phi) is 71.4. The van der Waals surface area contributed by atoms with E-state index in [1.807, 2.05) is 0 Å². The van der Waals surface area contributed by atoms with Crippen LogP contribution in [0.2, 0.25) is 0 Å². The first-order chi connectivity index (χ1) is 41.0. The Bertz CT molecular complexity index is 1300. The summed E-state index contributed by atoms with van der Waals surface area (Å²) in [6.45, 7) is 4.99. The second-order valence-corrected chi connectivity index (χ2v) is 26.3. The fourth-order valence-electron chi connectivity index (χ4n) is 12.2. The van der Waals surface area contributed by atoms with E-state index in [0.29, 0.717) is 25.9 Å². The highest BCUT2D eigenvalue weighted by molar-refractivity contribution is 5.76. The third-order valence-electron chi connectivity index (χ3n) is 18.0. The summed E-state index contributed by atoms with van der Waals surface area (Å²) in [5, 5.41) is 23.4. The summed E-state index contributed by atoms with van der Waals surface area (Å²) in [4.78, 5) is 24.5. The summed E-state index contributed by atoms with van der Waals surface area (Å²) in [5.74, 6) is -0.00747. The molecule has 0 aliphatic rings. The Morgan fingerprint density at radius 2 is 0.602 bits per heavy atom. The molecule has 0 spiro atoms. The molecule has 0 aromatic carbocycles. The molecule has 1 amide bonds. The Morgan fingerprint density at radius 3 is 0.916 bits per heavy atom. The molecule has 0 aromatic heterocycles. The first kappa shape index (κ1) is 81.3. The number of ether oxygens (including phenoxy) is 1. The summed E-state index contributed by atoms with van der Waals surface area (Å²) in [6.07, 6.45) is 92.7. The van der Waals surface area contributed by atoms with Gasteiger partial charge < -0.3 is 20.3 Å². The van der Waals surface area contributed by atoms with E-state index in [0.717, 1.165) is 44.9 Å². The normalized spacial score (nSPS) is 12.6. The Morgan fingerprint density at radius 1 is 0.337 bits per heavy atom. The van der Waals surface area contributed by atoms with Crippen LogP contribution in [0.15, 0.2) is 24.3 Å². The average molecular weight is 1170 g/mol. The van der Waals surface area contributed by atoms with Crippen LogP contribution in [-0.4, -0.2) is 47.4 Å². The van der Waals surface area contributed by atoms with E-state index in [-0.39, 0.29) is 18.5 Å². The number of amides is 1. The molecular formula is C77H149NO5. The summed E-state index contributed by atoms with van der Waals surface area (Å²) in [7, 11) is 0. The zero-order valence-corrected chi connectivity index (χ0v) is 56.5. The molecule has 492 valence electrons. The molecule has 0 aromatic rings. The first-order valence-corrected chi connectivity index (χ1v) is 38.1. The number of rotatable bonds is 72. The van der Waals surface area contributed by atoms with E-state index in [2.05, 4.69) is 43.5 Å². The second-order valence-electron chi connectivity index (χ2n) is 26.3. The van der Waals surface area contributed by atoms with Crippen molar-refractivity contribution in [1.29, 1.82) is 0 Å². The number of unbranched alkanes of at least 4 members (excludes halogenated alkanes) is 57. The summed E-state index contributed by atoms with van der Waals surface area (Å²) < 4.78 is 5.48. The van der Waals surface area contributed by atoms with Crippen LogP contribution in [0, 0.1) is 0 Å². The average Bonchev–Trinajstić information content (AvgIpc) is 3.50. The van der Waals surface area contributed by atoms with Gasteiger partial charge in [-0.25, -0.2) is 0 Å². The minimum atomic E-state index is -0.662. The van der Waals surface area contributed by atoms with Crippen molar-refractivity contribution in [3.8, 4) is 0 Å². The van der Waals surface area contributed by atoms with E-state index in [4.69, 9.17) is 4.74 Å². The Hall–Kier alpha value is -1.66. The van der Waals surface area contributed by atoms with Gasteiger partial charge >= 0.3 is 5.97 Å². The van der Waals surface area contributed by atoms with Crippen molar-refractivity contribution in [3.63, 3.8) is 0 Å². The van der Waals surface area contributed by atoms with Gasteiger partial charge in [-0.15, -0.1) is 0 Å². The van der Waals surface area contributed by atoms with E-state index in [9.17, 15) is 19.8 Å². The number of nitrogens with one attached hydrogen (secondary N) is 1. The van der Waals surface area contributed by atoms with Crippen molar-refractivity contribution in [3.05, 3.63) is 24.3 Å². The van der Waals surface area contributed by atoms with Crippen molar-refractivity contribution in [2.45, 2.75) is 443 Å². The maximum atomic E-state index is 12.5. The second kappa shape index (κ2) is 72.8. The maximum Gasteiger partial charge on any atom is 0.305 e. The molecule has 3 N–H and O–H groups in total. The van der Waals surface area contributed by atoms with Gasteiger partial charge in [-0.2, -0.15) is 0 Å². The van der Waals surface area contributed by atoms with Crippen LogP contribution in [0.1, 0.15) is 431 Å². The molecule has 0 heterocycles. The largest absolute Gasteiger partial charge is 0.466 e. The number of hydrogen-bond donors (Lipinski definition) is 3. The number of aliphatic hydroxyl groups is 2. The van der Waals surface area contributed by atoms with Gasteiger partial charge in [-0.3, -0.25) is 9.59 Å². The van der Waals surface area contributed by atoms with Crippen LogP contribution in [-0.2, 0) is 14.3 Å². The molecule has 0 radical (unpaired) electrons. The number of esters is 1. The zero-order valence-electron chi connectivity index (χ0n) is 56.5. The summed E-state index contributed by atoms with van der Waals surface area (Å²) >= 11 is 0. The number of hydrogen-bond acceptors (Lipinski definition) is 5. The molecule has 0 aliphatic heterocycles. The van der Waals surface area contributed by atoms with E-state index >= 15 is 0 Å². The molecule has 83 heavy (non-hydrogen) atoms. The molecule has 0 aliphatic carbocycles. The van der Waals surface area contributed by atoms with E-state index in [1.54, 1.807) is 0 Å². The van der Waals surface area contributed by atoms with Crippen molar-refractivity contribution >= 4 is 11.9 Å². The lowest BCUT2D eigenvalue weighted by Gasteiger charge is -2.22. The molecule has 6 heteroatoms. The number of allylic oxidation sites excluding steroid dienone is 4. The lowest BCUT2D eigenvalue weighted by molar-refractivity contribution is -0.143. The highest BCUT2D eigenvalue weighted by Crippen LogP contribution is 2.20. The van der Waals surface area contributed by atoms with Crippen LogP contribution >= 0.6 is 0 Å². The molecule has 0 fully saturated rings. The zero-order chi connectivity index (χ0) is 59.9. The van der Waals surface area contributed by atoms with Gasteiger partial charge in [0.25, 0.3) is 0 Å². The standard InChI is InChI=1S/C77H149NO5/c1-3-5-7-9-11-13-15-16-17-43-46-50-53-57-61-65-69-75(80)74(73-79)78-76(81)70-66-62-58-54-51-47-44-41-39-37-35-33-31-29-27-25-23-21-19-18-20-22-24-26-28-30-32-34-36-38-40-42-45-48-52-56-60-64-68-72-83-77(82)71-67-63-59-55-49-14-12-10-8-6-4-2/h18-19,22,24,74-75,79-80H,3-17,20-21,23,25-73H2,1-2H3,(H,78,81)/b19-18-,24-22-. The van der Waals surface area contributed by atoms with Gasteiger partial charge in [-0.1, -0.05) is 385 Å². The highest BCUT2D eigenvalue weighted by Gasteiger charge is 2.20. The molecular weight excluding hydrogens is 1020 g/mol. The lowest BCUT2D eigenvalue weighted by Crippen LogP contribution is -2.45. The van der Waals surface area contributed by atoms with Crippen molar-refractivity contribution in [2.75, 3.05) is 13.2 Å². The summed E-state index contributed by atoms with van der Waals surface area (Å²) in [6, 6.07) is -0.539. The summed E-state index contributed by atoms with van der Waals surface area (Å²) in [5.41, 5.74) is 0. The molecule has 2 unspecified atom stereocenters. The van der Waals surface area contributed by atoms with Crippen LogP contribution in [0.5, 0.6) is 0 Å². The fourth-order valence-corrected chi connectivity index (χ4v) is 12.2. The van der Waals surface area contributed by atoms with E-state index < -0.39 is 12.1 Å². The lowest BCUT2D eigenvalue weighted by atomic mass is 10.0. The predicted molar refractivity (Wildman–Crippen MR) is 366 cm³/mol. The molecule has 0 saturated carbocycles. The minimum Gasteiger partial charge on any atom is -0.466 e. The van der Waals surface area contributed by atoms with Gasteiger partial charge in [0.05, 0.1) is 25.4 Å².